The van der Waals surface area contributed by atoms with Gasteiger partial charge in [0.05, 0.1) is 18.1 Å². The molecular formula is C24H19ClN2O4S. The van der Waals surface area contributed by atoms with E-state index in [0.29, 0.717) is 52.9 Å². The van der Waals surface area contributed by atoms with Crippen LogP contribution in [0.2, 0.25) is 5.02 Å². The van der Waals surface area contributed by atoms with Crippen molar-refractivity contribution < 1.29 is 18.7 Å². The van der Waals surface area contributed by atoms with Gasteiger partial charge in [-0.15, -0.1) is 11.3 Å². The summed E-state index contributed by atoms with van der Waals surface area (Å²) in [7, 11) is 0. The van der Waals surface area contributed by atoms with E-state index in [1.165, 1.54) is 11.3 Å². The van der Waals surface area contributed by atoms with Gasteiger partial charge in [-0.25, -0.2) is 0 Å². The maximum Gasteiger partial charge on any atom is 0.291 e. The van der Waals surface area contributed by atoms with Gasteiger partial charge in [-0.1, -0.05) is 35.9 Å². The van der Waals surface area contributed by atoms with Gasteiger partial charge in [0.1, 0.15) is 11.3 Å². The zero-order valence-corrected chi connectivity index (χ0v) is 18.5. The lowest BCUT2D eigenvalue weighted by molar-refractivity contribution is 0.0285. The SMILES string of the molecule is O=C(Nc1c(C(=O)N2CCOCC2)oc2ccccc12)c1ccc(-c2ccc(Cl)cc2)s1. The molecule has 0 atom stereocenters. The average molecular weight is 467 g/mol. The van der Waals surface area contributed by atoms with Crippen LogP contribution in [0, 0.1) is 0 Å². The summed E-state index contributed by atoms with van der Waals surface area (Å²) in [5.41, 5.74) is 1.92. The Morgan fingerprint density at radius 2 is 1.72 bits per heavy atom. The monoisotopic (exact) mass is 466 g/mol. The van der Waals surface area contributed by atoms with Crippen LogP contribution in [0.1, 0.15) is 20.2 Å². The number of thiophene rings is 1. The third-order valence-corrected chi connectivity index (χ3v) is 6.67. The highest BCUT2D eigenvalue weighted by Gasteiger charge is 2.28. The van der Waals surface area contributed by atoms with E-state index in [2.05, 4.69) is 5.32 Å². The van der Waals surface area contributed by atoms with Gasteiger partial charge in [0.15, 0.2) is 0 Å². The number of halogens is 1. The lowest BCUT2D eigenvalue weighted by atomic mass is 10.2. The number of benzene rings is 2. The summed E-state index contributed by atoms with van der Waals surface area (Å²) in [6.07, 6.45) is 0. The Balaban J connectivity index is 1.45. The highest BCUT2D eigenvalue weighted by atomic mass is 35.5. The minimum Gasteiger partial charge on any atom is -0.449 e. The fraction of sp³-hybridized carbons (Fsp3) is 0.167. The maximum absolute atomic E-state index is 13.1. The first-order valence-corrected chi connectivity index (χ1v) is 11.4. The van der Waals surface area contributed by atoms with Crippen molar-refractivity contribution in [2.75, 3.05) is 31.6 Å². The minimum absolute atomic E-state index is 0.135. The van der Waals surface area contributed by atoms with Crippen LogP contribution in [-0.4, -0.2) is 43.0 Å². The second-order valence-corrected chi connectivity index (χ2v) is 8.85. The Kier molecular flexibility index (Phi) is 5.70. The second-order valence-electron chi connectivity index (χ2n) is 7.33. The molecule has 4 aromatic rings. The molecule has 32 heavy (non-hydrogen) atoms. The molecule has 1 saturated heterocycles. The summed E-state index contributed by atoms with van der Waals surface area (Å²) in [6, 6.07) is 18.4. The fourth-order valence-electron chi connectivity index (χ4n) is 3.63. The number of nitrogens with zero attached hydrogens (tertiary/aromatic N) is 1. The molecule has 162 valence electrons. The van der Waals surface area contributed by atoms with Crippen LogP contribution in [0.5, 0.6) is 0 Å². The third-order valence-electron chi connectivity index (χ3n) is 5.29. The number of amides is 2. The molecule has 3 heterocycles. The molecule has 0 saturated carbocycles. The first kappa shape index (κ1) is 20.8. The number of fused-ring (bicyclic) bond motifs is 1. The van der Waals surface area contributed by atoms with Gasteiger partial charge in [0, 0.05) is 28.4 Å². The van der Waals surface area contributed by atoms with E-state index in [9.17, 15) is 9.59 Å². The molecule has 1 aliphatic heterocycles. The Labute approximate surface area is 193 Å². The number of hydrogen-bond acceptors (Lipinski definition) is 5. The minimum atomic E-state index is -0.294. The number of furan rings is 1. The van der Waals surface area contributed by atoms with Gasteiger partial charge >= 0.3 is 0 Å². The van der Waals surface area contributed by atoms with E-state index in [-0.39, 0.29) is 17.6 Å². The van der Waals surface area contributed by atoms with Crippen molar-refractivity contribution >= 4 is 51.4 Å². The zero-order valence-electron chi connectivity index (χ0n) is 17.0. The number of nitrogens with one attached hydrogen (secondary N) is 1. The van der Waals surface area contributed by atoms with Crippen molar-refractivity contribution in [1.29, 1.82) is 0 Å². The van der Waals surface area contributed by atoms with E-state index in [1.54, 1.807) is 17.0 Å². The molecule has 5 rings (SSSR count). The van der Waals surface area contributed by atoms with E-state index in [0.717, 1.165) is 10.4 Å². The van der Waals surface area contributed by atoms with Gasteiger partial charge in [0.25, 0.3) is 11.8 Å². The maximum atomic E-state index is 13.1. The van der Waals surface area contributed by atoms with Crippen LogP contribution in [0.3, 0.4) is 0 Å². The lowest BCUT2D eigenvalue weighted by Gasteiger charge is -2.26. The molecule has 2 aromatic heterocycles. The summed E-state index contributed by atoms with van der Waals surface area (Å²) in [5.74, 6) is -0.415. The molecular weight excluding hydrogens is 448 g/mol. The topological polar surface area (TPSA) is 71.8 Å². The van der Waals surface area contributed by atoms with Crippen molar-refractivity contribution in [1.82, 2.24) is 4.90 Å². The average Bonchev–Trinajstić information content (AvgIpc) is 3.46. The first-order valence-electron chi connectivity index (χ1n) is 10.2. The summed E-state index contributed by atoms with van der Waals surface area (Å²) in [5, 5.41) is 4.27. The zero-order chi connectivity index (χ0) is 22.1. The number of hydrogen-bond donors (Lipinski definition) is 1. The highest BCUT2D eigenvalue weighted by molar-refractivity contribution is 7.17. The number of carbonyl (C=O) groups excluding carboxylic acids is 2. The normalized spacial score (nSPS) is 14.0. The Hall–Kier alpha value is -3.13. The van der Waals surface area contributed by atoms with Crippen molar-refractivity contribution in [3.8, 4) is 10.4 Å². The van der Waals surface area contributed by atoms with E-state index >= 15 is 0 Å². The molecule has 8 heteroatoms. The summed E-state index contributed by atoms with van der Waals surface area (Å²) < 4.78 is 11.2. The van der Waals surface area contributed by atoms with Gasteiger partial charge in [-0.3, -0.25) is 9.59 Å². The van der Waals surface area contributed by atoms with Crippen LogP contribution in [0.25, 0.3) is 21.4 Å². The summed E-state index contributed by atoms with van der Waals surface area (Å²) >= 11 is 7.34. The van der Waals surface area contributed by atoms with Gasteiger partial charge in [0.2, 0.25) is 5.76 Å². The van der Waals surface area contributed by atoms with Crippen molar-refractivity contribution in [2.45, 2.75) is 0 Å². The summed E-state index contributed by atoms with van der Waals surface area (Å²) in [6.45, 7) is 1.93. The fourth-order valence-corrected chi connectivity index (χ4v) is 4.67. The van der Waals surface area contributed by atoms with E-state index < -0.39 is 0 Å². The van der Waals surface area contributed by atoms with Crippen LogP contribution in [-0.2, 0) is 4.74 Å². The van der Waals surface area contributed by atoms with E-state index in [1.807, 2.05) is 48.5 Å². The van der Waals surface area contributed by atoms with Gasteiger partial charge < -0.3 is 19.4 Å². The predicted octanol–water partition coefficient (Wildman–Crippen LogP) is 5.54. The molecule has 2 amide bonds. The largest absolute Gasteiger partial charge is 0.449 e. The van der Waals surface area contributed by atoms with Crippen molar-refractivity contribution in [3.63, 3.8) is 0 Å². The van der Waals surface area contributed by atoms with Gasteiger partial charge in [-0.05, 0) is 42.0 Å². The smallest absolute Gasteiger partial charge is 0.291 e. The molecule has 6 nitrogen and oxygen atoms in total. The first-order chi connectivity index (χ1) is 15.6. The third kappa shape index (κ3) is 4.02. The highest BCUT2D eigenvalue weighted by Crippen LogP contribution is 2.34. The number of anilines is 1. The Morgan fingerprint density at radius 3 is 2.50 bits per heavy atom. The van der Waals surface area contributed by atoms with Crippen LogP contribution in [0.15, 0.2) is 65.1 Å². The number of morpholine rings is 1. The molecule has 0 aliphatic carbocycles. The van der Waals surface area contributed by atoms with Crippen molar-refractivity contribution in [3.05, 3.63) is 76.3 Å². The molecule has 0 spiro atoms. The molecule has 1 aliphatic rings. The predicted molar refractivity (Wildman–Crippen MR) is 126 cm³/mol. The standard InChI is InChI=1S/C24H19ClN2O4S/c25-16-7-5-15(6-8-16)19-9-10-20(32-19)23(28)26-21-17-3-1-2-4-18(17)31-22(21)24(29)27-11-13-30-14-12-27/h1-10H,11-14H2,(H,26,28). The lowest BCUT2D eigenvalue weighted by Crippen LogP contribution is -2.40. The molecule has 0 bridgehead atoms. The molecule has 1 fully saturated rings. The van der Waals surface area contributed by atoms with Crippen LogP contribution < -0.4 is 5.32 Å². The van der Waals surface area contributed by atoms with E-state index in [4.69, 9.17) is 20.8 Å². The molecule has 0 radical (unpaired) electrons. The molecule has 2 aromatic carbocycles. The number of rotatable bonds is 4. The number of carbonyl (C=O) groups is 2. The summed E-state index contributed by atoms with van der Waals surface area (Å²) in [4.78, 5) is 29.4. The molecule has 0 unspecified atom stereocenters. The van der Waals surface area contributed by atoms with Crippen molar-refractivity contribution in [2.24, 2.45) is 0 Å². The second kappa shape index (κ2) is 8.78. The van der Waals surface area contributed by atoms with Gasteiger partial charge in [-0.2, -0.15) is 0 Å². The number of para-hydroxylation sites is 1. The van der Waals surface area contributed by atoms with Crippen LogP contribution >= 0.6 is 22.9 Å². The van der Waals surface area contributed by atoms with Crippen LogP contribution in [0.4, 0.5) is 5.69 Å². The Morgan fingerprint density at radius 1 is 0.969 bits per heavy atom. The number of ether oxygens (including phenoxy) is 1. The molecule has 1 N–H and O–H groups in total. The Bertz CT molecular complexity index is 1290. The quantitative estimate of drug-likeness (QED) is 0.428.